The van der Waals surface area contributed by atoms with Crippen molar-refractivity contribution in [2.45, 2.75) is 31.6 Å². The molecule has 8 heteroatoms. The van der Waals surface area contributed by atoms with Crippen LogP contribution in [-0.4, -0.2) is 19.9 Å². The number of nitriles is 1. The van der Waals surface area contributed by atoms with Gasteiger partial charge in [-0.25, -0.2) is 13.1 Å². The van der Waals surface area contributed by atoms with Crippen LogP contribution in [0.1, 0.15) is 24.0 Å². The van der Waals surface area contributed by atoms with Crippen molar-refractivity contribution in [2.24, 2.45) is 0 Å². The van der Waals surface area contributed by atoms with E-state index in [1.165, 1.54) is 12.1 Å². The van der Waals surface area contributed by atoms with E-state index in [0.29, 0.717) is 17.5 Å². The van der Waals surface area contributed by atoms with Crippen LogP contribution in [0.3, 0.4) is 0 Å². The van der Waals surface area contributed by atoms with Crippen LogP contribution >= 0.6 is 0 Å². The molecule has 1 rings (SSSR count). The highest BCUT2D eigenvalue weighted by atomic mass is 32.2. The second kappa shape index (κ2) is 6.45. The normalized spacial score (nSPS) is 11.1. The summed E-state index contributed by atoms with van der Waals surface area (Å²) in [6.07, 6.45) is 0.575. The lowest BCUT2D eigenvalue weighted by Gasteiger charge is -2.09. The van der Waals surface area contributed by atoms with Crippen molar-refractivity contribution in [3.05, 3.63) is 33.4 Å². The van der Waals surface area contributed by atoms with Crippen LogP contribution in [0.15, 0.2) is 17.0 Å². The van der Waals surface area contributed by atoms with E-state index in [1.807, 2.05) is 6.07 Å². The molecule has 0 aliphatic carbocycles. The molecule has 0 bridgehead atoms. The number of nitrogens with zero attached hydrogens (tertiary/aromatic N) is 2. The fourth-order valence-corrected chi connectivity index (χ4v) is 2.89. The fourth-order valence-electron chi connectivity index (χ4n) is 1.58. The number of benzene rings is 1. The Bertz CT molecular complexity index is 662. The van der Waals surface area contributed by atoms with Gasteiger partial charge in [0.1, 0.15) is 0 Å². The molecule has 7 nitrogen and oxygen atoms in total. The highest BCUT2D eigenvalue weighted by molar-refractivity contribution is 7.89. The van der Waals surface area contributed by atoms with Crippen LogP contribution in [0, 0.1) is 35.3 Å². The summed E-state index contributed by atoms with van der Waals surface area (Å²) < 4.78 is 26.4. The standard InChI is InChI=1S/C12H15N3O4S/c1-9-7-11(15(16)17)12(8-10(9)2)20(18,19)14-6-4-3-5-13/h7-8,14H,3-4,6H2,1-2H3. The molecule has 108 valence electrons. The SMILES string of the molecule is Cc1cc([N+](=O)[O-])c(S(=O)(=O)NCCCC#N)cc1C. The van der Waals surface area contributed by atoms with Gasteiger partial charge in [-0.15, -0.1) is 0 Å². The van der Waals surface area contributed by atoms with Gasteiger partial charge in [0.05, 0.1) is 11.0 Å². The first-order valence-electron chi connectivity index (χ1n) is 5.92. The third-order valence-electron chi connectivity index (χ3n) is 2.82. The number of unbranched alkanes of at least 4 members (excludes halogenated alkanes) is 1. The monoisotopic (exact) mass is 297 g/mol. The first-order valence-corrected chi connectivity index (χ1v) is 7.40. The molecule has 0 fully saturated rings. The summed E-state index contributed by atoms with van der Waals surface area (Å²) in [5.74, 6) is 0. The summed E-state index contributed by atoms with van der Waals surface area (Å²) in [7, 11) is -3.96. The number of nitro groups is 1. The molecule has 1 N–H and O–H groups in total. The van der Waals surface area contributed by atoms with Gasteiger partial charge in [0.15, 0.2) is 4.90 Å². The van der Waals surface area contributed by atoms with Crippen LogP contribution < -0.4 is 4.72 Å². The number of hydrogen-bond acceptors (Lipinski definition) is 5. The summed E-state index contributed by atoms with van der Waals surface area (Å²) in [4.78, 5) is 9.92. The zero-order valence-corrected chi connectivity index (χ0v) is 12.0. The molecule has 0 aliphatic heterocycles. The maximum atomic E-state index is 12.1. The van der Waals surface area contributed by atoms with Crippen molar-refractivity contribution in [1.29, 1.82) is 5.26 Å². The Kier molecular flexibility index (Phi) is 5.19. The summed E-state index contributed by atoms with van der Waals surface area (Å²) in [6.45, 7) is 3.44. The average molecular weight is 297 g/mol. The summed E-state index contributed by atoms with van der Waals surface area (Å²) in [5.41, 5.74) is 0.869. The Labute approximate surface area is 117 Å². The molecule has 0 amide bonds. The van der Waals surface area contributed by atoms with E-state index >= 15 is 0 Å². The predicted molar refractivity (Wildman–Crippen MR) is 72.6 cm³/mol. The van der Waals surface area contributed by atoms with E-state index in [9.17, 15) is 18.5 Å². The van der Waals surface area contributed by atoms with Crippen LogP contribution in [0.2, 0.25) is 0 Å². The van der Waals surface area contributed by atoms with Crippen molar-refractivity contribution in [2.75, 3.05) is 6.54 Å². The molecule has 0 heterocycles. The smallest absolute Gasteiger partial charge is 0.258 e. The molecular weight excluding hydrogens is 282 g/mol. The highest BCUT2D eigenvalue weighted by Crippen LogP contribution is 2.27. The number of rotatable bonds is 6. The van der Waals surface area contributed by atoms with Gasteiger partial charge < -0.3 is 0 Å². The van der Waals surface area contributed by atoms with E-state index in [-0.39, 0.29) is 17.9 Å². The molecule has 20 heavy (non-hydrogen) atoms. The molecule has 0 unspecified atom stereocenters. The van der Waals surface area contributed by atoms with Gasteiger partial charge in [-0.1, -0.05) is 0 Å². The Morgan fingerprint density at radius 1 is 1.35 bits per heavy atom. The summed E-state index contributed by atoms with van der Waals surface area (Å²) in [5, 5.41) is 19.4. The second-order valence-corrected chi connectivity index (χ2v) is 6.06. The zero-order chi connectivity index (χ0) is 15.3. The number of sulfonamides is 1. The molecule has 1 aromatic carbocycles. The van der Waals surface area contributed by atoms with Gasteiger partial charge >= 0.3 is 0 Å². The molecular formula is C12H15N3O4S. The van der Waals surface area contributed by atoms with Crippen LogP contribution in [-0.2, 0) is 10.0 Å². The Morgan fingerprint density at radius 3 is 2.50 bits per heavy atom. The van der Waals surface area contributed by atoms with Crippen LogP contribution in [0.4, 0.5) is 5.69 Å². The van der Waals surface area contributed by atoms with Gasteiger partial charge in [0.25, 0.3) is 5.69 Å². The first kappa shape index (κ1) is 16.1. The lowest BCUT2D eigenvalue weighted by Crippen LogP contribution is -2.25. The third-order valence-corrected chi connectivity index (χ3v) is 4.31. The van der Waals surface area contributed by atoms with Gasteiger partial charge in [0.2, 0.25) is 10.0 Å². The number of aryl methyl sites for hydroxylation is 2. The number of nitro benzene ring substituents is 1. The Balaban J connectivity index is 3.14. The highest BCUT2D eigenvalue weighted by Gasteiger charge is 2.26. The van der Waals surface area contributed by atoms with E-state index in [4.69, 9.17) is 5.26 Å². The summed E-state index contributed by atoms with van der Waals surface area (Å²) in [6, 6.07) is 4.44. The summed E-state index contributed by atoms with van der Waals surface area (Å²) >= 11 is 0. The fraction of sp³-hybridized carbons (Fsp3) is 0.417. The average Bonchev–Trinajstić information content (AvgIpc) is 2.37. The number of nitrogens with one attached hydrogen (secondary N) is 1. The maximum absolute atomic E-state index is 12.1. The van der Waals surface area contributed by atoms with Crippen molar-refractivity contribution >= 4 is 15.7 Å². The molecule has 1 aromatic rings. The zero-order valence-electron chi connectivity index (χ0n) is 11.2. The van der Waals surface area contributed by atoms with Gasteiger partial charge in [-0.05, 0) is 37.5 Å². The van der Waals surface area contributed by atoms with Crippen LogP contribution in [0.5, 0.6) is 0 Å². The predicted octanol–water partition coefficient (Wildman–Crippen LogP) is 1.79. The van der Waals surface area contributed by atoms with Crippen molar-refractivity contribution in [3.63, 3.8) is 0 Å². The topological polar surface area (TPSA) is 113 Å². The minimum atomic E-state index is -3.96. The van der Waals surface area contributed by atoms with Gasteiger partial charge in [0, 0.05) is 19.0 Å². The Morgan fingerprint density at radius 2 is 1.95 bits per heavy atom. The van der Waals surface area contributed by atoms with Crippen molar-refractivity contribution in [1.82, 2.24) is 4.72 Å². The van der Waals surface area contributed by atoms with Gasteiger partial charge in [-0.2, -0.15) is 5.26 Å². The quantitative estimate of drug-likeness (QED) is 0.488. The van der Waals surface area contributed by atoms with E-state index in [2.05, 4.69) is 4.72 Å². The number of hydrogen-bond donors (Lipinski definition) is 1. The van der Waals surface area contributed by atoms with Crippen molar-refractivity contribution < 1.29 is 13.3 Å². The third kappa shape index (κ3) is 3.76. The minimum Gasteiger partial charge on any atom is -0.258 e. The molecule has 0 saturated heterocycles. The second-order valence-electron chi connectivity index (χ2n) is 4.32. The molecule has 0 atom stereocenters. The molecule has 0 spiro atoms. The van der Waals surface area contributed by atoms with E-state index in [1.54, 1.807) is 13.8 Å². The molecule has 0 radical (unpaired) electrons. The van der Waals surface area contributed by atoms with E-state index in [0.717, 1.165) is 0 Å². The molecule has 0 aromatic heterocycles. The van der Waals surface area contributed by atoms with Crippen molar-refractivity contribution in [3.8, 4) is 6.07 Å². The molecule has 0 aliphatic rings. The van der Waals surface area contributed by atoms with E-state index < -0.39 is 20.6 Å². The Hall–Kier alpha value is -1.98. The molecule has 0 saturated carbocycles. The van der Waals surface area contributed by atoms with Gasteiger partial charge in [-0.3, -0.25) is 10.1 Å². The first-order chi connectivity index (χ1) is 9.29. The maximum Gasteiger partial charge on any atom is 0.289 e. The lowest BCUT2D eigenvalue weighted by atomic mass is 10.1. The minimum absolute atomic E-state index is 0.0694. The largest absolute Gasteiger partial charge is 0.289 e. The lowest BCUT2D eigenvalue weighted by molar-refractivity contribution is -0.387. The van der Waals surface area contributed by atoms with Crippen LogP contribution in [0.25, 0.3) is 0 Å².